The molecule has 0 aliphatic carbocycles. The van der Waals surface area contributed by atoms with Crippen molar-refractivity contribution in [1.82, 2.24) is 0 Å². The monoisotopic (exact) mass is 332 g/mol. The molecule has 0 amide bonds. The number of rotatable bonds is 7. The Morgan fingerprint density at radius 1 is 1.04 bits per heavy atom. The molecule has 4 heteroatoms. The molecule has 0 aliphatic heterocycles. The molecule has 0 spiro atoms. The van der Waals surface area contributed by atoms with Crippen LogP contribution < -0.4 is 4.52 Å². The Labute approximate surface area is 139 Å². The molecule has 0 radical (unpaired) electrons. The normalized spacial score (nSPS) is 13.2. The van der Waals surface area contributed by atoms with Gasteiger partial charge in [0.15, 0.2) is 0 Å². The van der Waals surface area contributed by atoms with Crippen molar-refractivity contribution in [2.75, 3.05) is 12.8 Å². The predicted molar refractivity (Wildman–Crippen MR) is 97.6 cm³/mol. The first kappa shape index (κ1) is 17.5. The summed E-state index contributed by atoms with van der Waals surface area (Å²) < 4.78 is 11.7. The van der Waals surface area contributed by atoms with E-state index in [0.717, 1.165) is 17.5 Å². The second-order valence-electron chi connectivity index (χ2n) is 5.90. The third kappa shape index (κ3) is 4.80. The van der Waals surface area contributed by atoms with Crippen LogP contribution in [0.3, 0.4) is 0 Å². The maximum absolute atomic E-state index is 12.4. The maximum atomic E-state index is 12.4. The number of carbonyl (C=O) groups excluding carboxylic acids is 1. The van der Waals surface area contributed by atoms with Gasteiger partial charge in [0.05, 0.1) is 0 Å². The summed E-state index contributed by atoms with van der Waals surface area (Å²) in [6.45, 7) is 6.40. The second kappa shape index (κ2) is 8.12. The van der Waals surface area contributed by atoms with Crippen molar-refractivity contribution in [2.45, 2.75) is 26.1 Å². The van der Waals surface area contributed by atoms with Crippen LogP contribution in [0.15, 0.2) is 60.7 Å². The van der Waals surface area contributed by atoms with E-state index in [9.17, 15) is 4.79 Å². The van der Waals surface area contributed by atoms with E-state index in [1.54, 1.807) is 0 Å². The zero-order valence-electron chi connectivity index (χ0n) is 14.0. The molecule has 0 unspecified atom stereocenters. The minimum absolute atomic E-state index is 0.180. The van der Waals surface area contributed by atoms with Crippen LogP contribution in [0.25, 0.3) is 0 Å². The molecular formula is C19H25O3P. The topological polar surface area (TPSA) is 35.5 Å². The third-order valence-electron chi connectivity index (χ3n) is 4.29. The third-order valence-corrected chi connectivity index (χ3v) is 8.46. The second-order valence-corrected chi connectivity index (χ2v) is 10.3. The number of hydrogen-bond acceptors (Lipinski definition) is 3. The molecule has 3 nitrogen and oxygen atoms in total. The quantitative estimate of drug-likeness (QED) is 0.553. The molecule has 1 atom stereocenters. The molecule has 0 N–H and O–H groups in total. The fourth-order valence-corrected chi connectivity index (χ4v) is 4.52. The van der Waals surface area contributed by atoms with E-state index in [1.807, 2.05) is 67.6 Å². The van der Waals surface area contributed by atoms with Gasteiger partial charge in [-0.05, 0) is 0 Å². The van der Waals surface area contributed by atoms with Gasteiger partial charge >= 0.3 is 138 Å². The number of carbonyl (C=O) groups is 1. The van der Waals surface area contributed by atoms with E-state index < -0.39 is 7.49 Å². The van der Waals surface area contributed by atoms with Crippen molar-refractivity contribution in [1.29, 1.82) is 0 Å². The van der Waals surface area contributed by atoms with Crippen molar-refractivity contribution < 1.29 is 14.1 Å². The molecule has 2 rings (SSSR count). The van der Waals surface area contributed by atoms with Gasteiger partial charge < -0.3 is 0 Å². The van der Waals surface area contributed by atoms with Crippen LogP contribution in [0.4, 0.5) is 0 Å². The molecule has 23 heavy (non-hydrogen) atoms. The van der Waals surface area contributed by atoms with E-state index >= 15 is 0 Å². The molecule has 2 aromatic rings. The van der Waals surface area contributed by atoms with E-state index in [1.165, 1.54) is 0 Å². The number of benzene rings is 2. The summed E-state index contributed by atoms with van der Waals surface area (Å²) in [5, 5.41) is 0. The zero-order valence-corrected chi connectivity index (χ0v) is 15.0. The van der Waals surface area contributed by atoms with Crippen molar-refractivity contribution in [3.05, 3.63) is 66.2 Å². The van der Waals surface area contributed by atoms with E-state index in [2.05, 4.69) is 13.6 Å². The van der Waals surface area contributed by atoms with E-state index in [-0.39, 0.29) is 11.6 Å². The SMILES string of the molecule is CC[PH](C)(Oc1ccccc1)[C@H](C)C(=O)OCc1ccccc1. The van der Waals surface area contributed by atoms with Crippen molar-refractivity contribution in [3.63, 3.8) is 0 Å². The Balaban J connectivity index is 2.00. The van der Waals surface area contributed by atoms with Gasteiger partial charge in [0.1, 0.15) is 0 Å². The van der Waals surface area contributed by atoms with Gasteiger partial charge in [0, 0.05) is 0 Å². The number of hydrogen-bond donors (Lipinski definition) is 0. The summed E-state index contributed by atoms with van der Waals surface area (Å²) in [6, 6.07) is 19.4. The summed E-state index contributed by atoms with van der Waals surface area (Å²) in [5.74, 6) is 0.645. The van der Waals surface area contributed by atoms with Crippen molar-refractivity contribution in [2.24, 2.45) is 0 Å². The number of ether oxygens (including phenoxy) is 1. The Hall–Kier alpha value is -1.86. The first-order chi connectivity index (χ1) is 11.0. The van der Waals surface area contributed by atoms with Gasteiger partial charge in [-0.25, -0.2) is 0 Å². The standard InChI is InChI=1S/C19H25O3P/c1-4-23(3,22-18-13-9-6-10-14-18)16(2)19(20)21-15-17-11-7-5-8-12-17/h5-14,16,23H,4,15H2,1-3H3/t16-/m1/s1. The molecule has 0 aliphatic rings. The van der Waals surface area contributed by atoms with E-state index in [0.29, 0.717) is 6.61 Å². The van der Waals surface area contributed by atoms with Crippen LogP contribution in [0.5, 0.6) is 5.75 Å². The van der Waals surface area contributed by atoms with E-state index in [4.69, 9.17) is 9.26 Å². The van der Waals surface area contributed by atoms with Crippen LogP contribution in [-0.2, 0) is 16.1 Å². The molecule has 0 heterocycles. The molecule has 0 fully saturated rings. The number of para-hydroxylation sites is 1. The fraction of sp³-hybridized carbons (Fsp3) is 0.316. The minimum atomic E-state index is -2.24. The van der Waals surface area contributed by atoms with Gasteiger partial charge in [-0.1, -0.05) is 0 Å². The van der Waals surface area contributed by atoms with Gasteiger partial charge in [0.2, 0.25) is 0 Å². The molecule has 124 valence electrons. The van der Waals surface area contributed by atoms with Gasteiger partial charge in [-0.2, -0.15) is 0 Å². The van der Waals surface area contributed by atoms with Gasteiger partial charge in [-0.3, -0.25) is 0 Å². The number of esters is 1. The van der Waals surface area contributed by atoms with Crippen LogP contribution in [0.2, 0.25) is 0 Å². The molecule has 0 aromatic heterocycles. The van der Waals surface area contributed by atoms with Gasteiger partial charge in [0.25, 0.3) is 0 Å². The van der Waals surface area contributed by atoms with Crippen LogP contribution in [0.1, 0.15) is 19.4 Å². The zero-order chi connectivity index (χ0) is 16.7. The summed E-state index contributed by atoms with van der Waals surface area (Å²) in [5.41, 5.74) is 0.772. The van der Waals surface area contributed by atoms with Gasteiger partial charge in [-0.15, -0.1) is 0 Å². The average Bonchev–Trinajstić information content (AvgIpc) is 2.60. The molecule has 0 bridgehead atoms. The molecule has 0 saturated carbocycles. The van der Waals surface area contributed by atoms with Crippen LogP contribution >= 0.6 is 7.49 Å². The Kier molecular flexibility index (Phi) is 6.18. The Morgan fingerprint density at radius 2 is 1.61 bits per heavy atom. The first-order valence-electron chi connectivity index (χ1n) is 8.00. The summed E-state index contributed by atoms with van der Waals surface area (Å²) in [7, 11) is -2.24. The van der Waals surface area contributed by atoms with Crippen LogP contribution in [-0.4, -0.2) is 24.5 Å². The Bertz CT molecular complexity index is 615. The Morgan fingerprint density at radius 3 is 2.17 bits per heavy atom. The first-order valence-corrected chi connectivity index (χ1v) is 10.7. The fourth-order valence-electron chi connectivity index (χ4n) is 2.33. The summed E-state index contributed by atoms with van der Waals surface area (Å²) >= 11 is 0. The average molecular weight is 332 g/mol. The van der Waals surface area contributed by atoms with Crippen molar-refractivity contribution >= 4 is 13.5 Å². The molecule has 0 saturated heterocycles. The van der Waals surface area contributed by atoms with Crippen LogP contribution in [0, 0.1) is 0 Å². The molecule has 2 aromatic carbocycles. The summed E-state index contributed by atoms with van der Waals surface area (Å²) in [4.78, 5) is 12.4. The predicted octanol–water partition coefficient (Wildman–Crippen LogP) is 4.51. The molecular weight excluding hydrogens is 307 g/mol. The van der Waals surface area contributed by atoms with Crippen molar-refractivity contribution in [3.8, 4) is 5.75 Å². The summed E-state index contributed by atoms with van der Waals surface area (Å²) in [6.07, 6.45) is 0.851.